The van der Waals surface area contributed by atoms with Crippen LogP contribution in [0.2, 0.25) is 0 Å². The van der Waals surface area contributed by atoms with Gasteiger partial charge in [-0.05, 0) is 0 Å². The van der Waals surface area contributed by atoms with E-state index in [0.717, 1.165) is 12.2 Å². The molecule has 1 aromatic carbocycles. The zero-order valence-corrected chi connectivity index (χ0v) is 18.5. The molecule has 0 radical (unpaired) electrons. The fourth-order valence-corrected chi connectivity index (χ4v) is 5.07. The predicted octanol–water partition coefficient (Wildman–Crippen LogP) is -0.242. The van der Waals surface area contributed by atoms with E-state index >= 15 is 0 Å². The van der Waals surface area contributed by atoms with Crippen LogP contribution in [-0.2, 0) is 26.0 Å². The molecule has 0 saturated carbocycles. The van der Waals surface area contributed by atoms with Gasteiger partial charge in [0.2, 0.25) is 0 Å². The summed E-state index contributed by atoms with van der Waals surface area (Å²) < 4.78 is 7.92. The van der Waals surface area contributed by atoms with Crippen LogP contribution in [0.25, 0.3) is 0 Å². The fourth-order valence-electron chi connectivity index (χ4n) is 3.08. The molecule has 0 atom stereocenters. The monoisotopic (exact) mass is 400 g/mol. The standard InChI is InChI=1S/C10H12O.C10H15.2ClH.Ti/c1-3-5-9-7-4-6-8(2)10(9)11;1-7-6-10(4,5)9(3)8(7)2;;;/h3-4,6-7,11H,1,5H2,2H3;1-5H3;2*1H;/q;;;;+3/p-3. The molecule has 0 bridgehead atoms. The van der Waals surface area contributed by atoms with E-state index in [-0.39, 0.29) is 30.2 Å². The van der Waals surface area contributed by atoms with Crippen molar-refractivity contribution in [3.05, 3.63) is 62.6 Å². The van der Waals surface area contributed by atoms with E-state index in [9.17, 15) is 0 Å². The minimum atomic E-state index is -0.638. The van der Waals surface area contributed by atoms with Crippen molar-refractivity contribution in [2.45, 2.75) is 48.0 Å². The van der Waals surface area contributed by atoms with E-state index in [4.69, 9.17) is 3.32 Å². The predicted molar refractivity (Wildman–Crippen MR) is 90.6 cm³/mol. The Morgan fingerprint density at radius 3 is 2.21 bits per heavy atom. The Bertz CT molecular complexity index is 672. The van der Waals surface area contributed by atoms with Gasteiger partial charge in [0.15, 0.2) is 0 Å². The van der Waals surface area contributed by atoms with Gasteiger partial charge in [-0.15, -0.1) is 0 Å². The molecule has 0 unspecified atom stereocenters. The second kappa shape index (κ2) is 9.29. The Morgan fingerprint density at radius 1 is 1.08 bits per heavy atom. The summed E-state index contributed by atoms with van der Waals surface area (Å²) in [6.45, 7) is 17.4. The van der Waals surface area contributed by atoms with Crippen molar-refractivity contribution in [3.63, 3.8) is 0 Å². The topological polar surface area (TPSA) is 9.23 Å². The normalized spacial score (nSPS) is 15.4. The number of allylic oxidation sites excluding steroid dienone is 5. The van der Waals surface area contributed by atoms with E-state index in [1.165, 1.54) is 31.7 Å². The van der Waals surface area contributed by atoms with Gasteiger partial charge in [-0.3, -0.25) is 0 Å². The quantitative estimate of drug-likeness (QED) is 0.489. The van der Waals surface area contributed by atoms with Crippen LogP contribution < -0.4 is 28.1 Å². The minimum absolute atomic E-state index is 0. The van der Waals surface area contributed by atoms with Crippen LogP contribution in [-0.4, -0.2) is 0 Å². The molecule has 1 aliphatic carbocycles. The summed E-state index contributed by atoms with van der Waals surface area (Å²) in [5.41, 5.74) is 7.00. The first-order chi connectivity index (χ1) is 10.3. The summed E-state index contributed by atoms with van der Waals surface area (Å²) in [7, 11) is 0. The molecule has 0 heterocycles. The van der Waals surface area contributed by atoms with E-state index in [1.54, 1.807) is 0 Å². The Morgan fingerprint density at radius 2 is 1.71 bits per heavy atom. The second-order valence-electron chi connectivity index (χ2n) is 6.64. The van der Waals surface area contributed by atoms with Crippen molar-refractivity contribution in [1.29, 1.82) is 0 Å². The smallest absolute Gasteiger partial charge is 1.00 e. The molecule has 0 fully saturated rings. The first kappa shape index (κ1) is 23.5. The summed E-state index contributed by atoms with van der Waals surface area (Å²) >= 11 is -0.638. The average molecular weight is 401 g/mol. The number of halogens is 2. The first-order valence-electron chi connectivity index (χ1n) is 7.82. The van der Waals surface area contributed by atoms with Gasteiger partial charge in [0.25, 0.3) is 0 Å². The van der Waals surface area contributed by atoms with Crippen LogP contribution in [0, 0.1) is 12.3 Å². The summed E-state index contributed by atoms with van der Waals surface area (Å²) in [4.78, 5) is 0. The molecule has 1 nitrogen and oxygen atoms in total. The van der Waals surface area contributed by atoms with Crippen molar-refractivity contribution < 1.29 is 47.7 Å². The molecule has 0 spiro atoms. The largest absolute Gasteiger partial charge is 1.00 e. The summed E-state index contributed by atoms with van der Waals surface area (Å²) in [5, 5.41) is 0. The third kappa shape index (κ3) is 4.38. The van der Waals surface area contributed by atoms with Crippen LogP contribution >= 0.6 is 0 Å². The van der Waals surface area contributed by atoms with Gasteiger partial charge < -0.3 is 24.8 Å². The van der Waals surface area contributed by atoms with Crippen molar-refractivity contribution in [1.82, 2.24) is 0 Å². The molecule has 1 aromatic rings. The molecular formula is C20H26Cl2OTi. The number of benzene rings is 1. The fraction of sp³-hybridized carbons (Fsp3) is 0.400. The van der Waals surface area contributed by atoms with Crippen LogP contribution in [0.1, 0.15) is 45.7 Å². The van der Waals surface area contributed by atoms with Crippen LogP contribution in [0.3, 0.4) is 0 Å². The van der Waals surface area contributed by atoms with Gasteiger partial charge in [0.05, 0.1) is 0 Å². The molecular weight excluding hydrogens is 375 g/mol. The van der Waals surface area contributed by atoms with Gasteiger partial charge >= 0.3 is 145 Å². The Kier molecular flexibility index (Phi) is 9.11. The summed E-state index contributed by atoms with van der Waals surface area (Å²) in [6.07, 6.45) is 2.81. The van der Waals surface area contributed by atoms with E-state index in [1.807, 2.05) is 6.08 Å². The number of rotatable bonds is 5. The molecule has 0 amide bonds. The van der Waals surface area contributed by atoms with Crippen molar-refractivity contribution >= 4 is 0 Å². The molecule has 2 rings (SSSR count). The SMILES string of the molecule is C=CCc1cccc(C)c1[O][Ti+2][C]1=C(C)C(C)=C(C)C1(C)C.[Cl-].[Cl-]. The molecule has 0 aromatic heterocycles. The number of aryl methyl sites for hydroxylation is 1. The molecule has 0 saturated heterocycles. The zero-order chi connectivity index (χ0) is 16.5. The maximum Gasteiger partial charge on any atom is -1.00 e. The maximum atomic E-state index is 6.40. The second-order valence-corrected chi connectivity index (χ2v) is 8.05. The van der Waals surface area contributed by atoms with Gasteiger partial charge in [-0.1, -0.05) is 0 Å². The molecule has 1 aliphatic rings. The molecule has 130 valence electrons. The van der Waals surface area contributed by atoms with E-state index < -0.39 is 19.5 Å². The maximum absolute atomic E-state index is 6.40. The van der Waals surface area contributed by atoms with Gasteiger partial charge in [-0.2, -0.15) is 0 Å². The van der Waals surface area contributed by atoms with Crippen molar-refractivity contribution in [2.24, 2.45) is 5.41 Å². The van der Waals surface area contributed by atoms with Crippen molar-refractivity contribution in [2.75, 3.05) is 0 Å². The molecule has 24 heavy (non-hydrogen) atoms. The van der Waals surface area contributed by atoms with E-state index in [2.05, 4.69) is 66.3 Å². The molecule has 0 N–H and O–H groups in total. The third-order valence-electron chi connectivity index (χ3n) is 4.98. The van der Waals surface area contributed by atoms with Crippen molar-refractivity contribution in [3.8, 4) is 5.75 Å². The Balaban J connectivity index is 0.00000264. The van der Waals surface area contributed by atoms with Gasteiger partial charge in [-0.25, -0.2) is 0 Å². The number of hydrogen-bond donors (Lipinski definition) is 0. The van der Waals surface area contributed by atoms with Gasteiger partial charge in [0.1, 0.15) is 0 Å². The van der Waals surface area contributed by atoms with E-state index in [0.29, 0.717) is 0 Å². The van der Waals surface area contributed by atoms with Crippen LogP contribution in [0.4, 0.5) is 0 Å². The number of para-hydroxylation sites is 1. The first-order valence-corrected chi connectivity index (χ1v) is 9.24. The Hall–Kier alpha value is -0.466. The molecule has 4 heteroatoms. The third-order valence-corrected chi connectivity index (χ3v) is 7.33. The van der Waals surface area contributed by atoms with Crippen LogP contribution in [0.15, 0.2) is 51.5 Å². The van der Waals surface area contributed by atoms with Gasteiger partial charge in [0, 0.05) is 0 Å². The summed E-state index contributed by atoms with van der Waals surface area (Å²) in [5.74, 6) is 1.07. The minimum Gasteiger partial charge on any atom is -1.00 e. The molecule has 0 aliphatic heterocycles. The average Bonchev–Trinajstić information content (AvgIpc) is 2.61. The zero-order valence-electron chi connectivity index (χ0n) is 15.4. The Labute approximate surface area is 168 Å². The van der Waals surface area contributed by atoms with Crippen LogP contribution in [0.5, 0.6) is 5.75 Å². The number of hydrogen-bond acceptors (Lipinski definition) is 1. The summed E-state index contributed by atoms with van der Waals surface area (Å²) in [6, 6.07) is 6.37.